The van der Waals surface area contributed by atoms with Crippen molar-refractivity contribution in [1.29, 1.82) is 0 Å². The number of amides is 1. The smallest absolute Gasteiger partial charge is 0.295 e. The molecule has 0 bridgehead atoms. The highest BCUT2D eigenvalue weighted by Crippen LogP contribution is 2.08. The van der Waals surface area contributed by atoms with E-state index in [2.05, 4.69) is 17.1 Å². The number of hydrogen-bond acceptors (Lipinski definition) is 4. The molecule has 0 atom stereocenters. The third-order valence-electron chi connectivity index (χ3n) is 4.02. The van der Waals surface area contributed by atoms with Crippen LogP contribution < -0.4 is 5.56 Å². The van der Waals surface area contributed by atoms with Gasteiger partial charge in [0.15, 0.2) is 5.82 Å². The van der Waals surface area contributed by atoms with Gasteiger partial charge in [-0.05, 0) is 6.42 Å². The van der Waals surface area contributed by atoms with E-state index < -0.39 is 0 Å². The molecule has 2 rings (SSSR count). The fourth-order valence-electron chi connectivity index (χ4n) is 2.50. The van der Waals surface area contributed by atoms with Crippen molar-refractivity contribution in [2.45, 2.75) is 52.0 Å². The number of unbranched alkanes of at least 4 members (excludes halogenated alkanes) is 4. The third-order valence-corrected chi connectivity index (χ3v) is 4.02. The second-order valence-electron chi connectivity index (χ2n) is 5.94. The van der Waals surface area contributed by atoms with Crippen molar-refractivity contribution in [2.75, 3.05) is 7.05 Å². The topological polar surface area (TPSA) is 72.5 Å². The molecule has 2 heterocycles. The van der Waals surface area contributed by atoms with Crippen LogP contribution in [-0.2, 0) is 18.4 Å². The first kappa shape index (κ1) is 17.2. The van der Waals surface area contributed by atoms with Gasteiger partial charge in [0.05, 0.1) is 6.54 Å². The molecule has 0 saturated heterocycles. The van der Waals surface area contributed by atoms with Crippen LogP contribution in [0.5, 0.6) is 0 Å². The minimum Gasteiger partial charge on any atom is -0.338 e. The van der Waals surface area contributed by atoms with Crippen LogP contribution in [0.3, 0.4) is 0 Å². The number of aromatic nitrogens is 4. The van der Waals surface area contributed by atoms with Gasteiger partial charge in [-0.3, -0.25) is 14.0 Å². The fourth-order valence-corrected chi connectivity index (χ4v) is 2.50. The Morgan fingerprint density at radius 3 is 2.65 bits per heavy atom. The second-order valence-corrected chi connectivity index (χ2v) is 5.94. The van der Waals surface area contributed by atoms with Crippen LogP contribution in [0.2, 0.25) is 0 Å². The summed E-state index contributed by atoms with van der Waals surface area (Å²) in [4.78, 5) is 25.8. The maximum atomic E-state index is 12.2. The van der Waals surface area contributed by atoms with Gasteiger partial charge in [0.2, 0.25) is 11.6 Å². The van der Waals surface area contributed by atoms with Crippen molar-refractivity contribution in [1.82, 2.24) is 24.1 Å². The Morgan fingerprint density at radius 2 is 1.91 bits per heavy atom. The molecule has 0 fully saturated rings. The Balaban J connectivity index is 1.95. The molecule has 7 heteroatoms. The van der Waals surface area contributed by atoms with Gasteiger partial charge >= 0.3 is 0 Å². The summed E-state index contributed by atoms with van der Waals surface area (Å²) in [5.74, 6) is 0.696. The van der Waals surface area contributed by atoms with Crippen molar-refractivity contribution in [3.05, 3.63) is 28.6 Å². The Labute approximate surface area is 135 Å². The molecule has 0 aliphatic carbocycles. The van der Waals surface area contributed by atoms with Crippen molar-refractivity contribution < 1.29 is 4.79 Å². The first-order valence-electron chi connectivity index (χ1n) is 8.17. The molecular weight excluding hydrogens is 294 g/mol. The van der Waals surface area contributed by atoms with Crippen LogP contribution in [0.4, 0.5) is 0 Å². The van der Waals surface area contributed by atoms with Gasteiger partial charge in [-0.25, -0.2) is 0 Å². The Bertz CT molecular complexity index is 719. The molecule has 7 nitrogen and oxygen atoms in total. The number of carbonyl (C=O) groups is 1. The summed E-state index contributed by atoms with van der Waals surface area (Å²) in [7, 11) is 3.43. The molecule has 2 aromatic rings. The van der Waals surface area contributed by atoms with E-state index in [4.69, 9.17) is 0 Å². The molecule has 0 spiro atoms. The SMILES string of the molecule is CCCCCCCC(=O)N(C)Cc1nnc2c(=O)n(C)ccn12. The van der Waals surface area contributed by atoms with E-state index in [1.165, 1.54) is 23.8 Å². The first-order valence-corrected chi connectivity index (χ1v) is 8.17. The largest absolute Gasteiger partial charge is 0.338 e. The number of nitrogens with zero attached hydrogens (tertiary/aromatic N) is 5. The zero-order valence-corrected chi connectivity index (χ0v) is 14.2. The van der Waals surface area contributed by atoms with E-state index in [0.717, 1.165) is 12.8 Å². The molecule has 0 unspecified atom stereocenters. The number of carbonyl (C=O) groups excluding carboxylic acids is 1. The van der Waals surface area contributed by atoms with Crippen LogP contribution in [0.1, 0.15) is 51.3 Å². The van der Waals surface area contributed by atoms with Gasteiger partial charge in [-0.1, -0.05) is 32.6 Å². The standard InChI is InChI=1S/C16H25N5O2/c1-4-5-6-7-8-9-14(22)20(3)12-13-17-18-15-16(23)19(2)10-11-21(13)15/h10-11H,4-9,12H2,1-3H3. The zero-order valence-electron chi connectivity index (χ0n) is 14.2. The van der Waals surface area contributed by atoms with Crippen LogP contribution in [0.25, 0.3) is 5.65 Å². The summed E-state index contributed by atoms with van der Waals surface area (Å²) in [5.41, 5.74) is 0.0848. The number of hydrogen-bond donors (Lipinski definition) is 0. The summed E-state index contributed by atoms with van der Waals surface area (Å²) in [6, 6.07) is 0. The van der Waals surface area contributed by atoms with E-state index in [1.54, 1.807) is 35.8 Å². The van der Waals surface area contributed by atoms with Crippen molar-refractivity contribution in [3.8, 4) is 0 Å². The molecule has 23 heavy (non-hydrogen) atoms. The Hall–Kier alpha value is -2.18. The summed E-state index contributed by atoms with van der Waals surface area (Å²) in [6.45, 7) is 2.53. The molecule has 0 N–H and O–H groups in total. The fraction of sp³-hybridized carbons (Fsp3) is 0.625. The predicted molar refractivity (Wildman–Crippen MR) is 88.1 cm³/mol. The molecule has 0 saturated carbocycles. The van der Waals surface area contributed by atoms with Gasteiger partial charge in [-0.2, -0.15) is 0 Å². The lowest BCUT2D eigenvalue weighted by molar-refractivity contribution is -0.130. The number of fused-ring (bicyclic) bond motifs is 1. The maximum absolute atomic E-state index is 12.2. The minimum absolute atomic E-state index is 0.0992. The Morgan fingerprint density at radius 1 is 1.17 bits per heavy atom. The zero-order chi connectivity index (χ0) is 16.8. The first-order chi connectivity index (χ1) is 11.0. The molecule has 126 valence electrons. The van der Waals surface area contributed by atoms with Crippen LogP contribution in [-0.4, -0.2) is 37.0 Å². The molecule has 0 radical (unpaired) electrons. The van der Waals surface area contributed by atoms with E-state index in [-0.39, 0.29) is 17.1 Å². The monoisotopic (exact) mass is 319 g/mol. The lowest BCUT2D eigenvalue weighted by Crippen LogP contribution is -2.27. The van der Waals surface area contributed by atoms with E-state index in [0.29, 0.717) is 18.8 Å². The summed E-state index contributed by atoms with van der Waals surface area (Å²) in [6.07, 6.45) is 9.59. The lowest BCUT2D eigenvalue weighted by Gasteiger charge is -2.16. The van der Waals surface area contributed by atoms with Crippen LogP contribution in [0.15, 0.2) is 17.2 Å². The predicted octanol–water partition coefficient (Wildman–Crippen LogP) is 1.75. The summed E-state index contributed by atoms with van der Waals surface area (Å²) >= 11 is 0. The average Bonchev–Trinajstić information content (AvgIpc) is 2.94. The van der Waals surface area contributed by atoms with E-state index >= 15 is 0 Å². The van der Waals surface area contributed by atoms with E-state index in [1.807, 2.05) is 0 Å². The molecule has 0 aromatic carbocycles. The molecular formula is C16H25N5O2. The van der Waals surface area contributed by atoms with Crippen molar-refractivity contribution in [2.24, 2.45) is 7.05 Å². The molecule has 1 amide bonds. The highest BCUT2D eigenvalue weighted by molar-refractivity contribution is 5.75. The number of aryl methyl sites for hydroxylation is 1. The molecule has 2 aromatic heterocycles. The second kappa shape index (κ2) is 7.89. The highest BCUT2D eigenvalue weighted by Gasteiger charge is 2.14. The van der Waals surface area contributed by atoms with Gasteiger partial charge in [0.25, 0.3) is 5.56 Å². The highest BCUT2D eigenvalue weighted by atomic mass is 16.2. The van der Waals surface area contributed by atoms with Crippen molar-refractivity contribution in [3.63, 3.8) is 0 Å². The summed E-state index contributed by atoms with van der Waals surface area (Å²) < 4.78 is 3.10. The van der Waals surface area contributed by atoms with Crippen LogP contribution in [0, 0.1) is 0 Å². The minimum atomic E-state index is -0.198. The van der Waals surface area contributed by atoms with Gasteiger partial charge in [0.1, 0.15) is 0 Å². The molecule has 0 aliphatic heterocycles. The maximum Gasteiger partial charge on any atom is 0.295 e. The lowest BCUT2D eigenvalue weighted by atomic mass is 10.1. The van der Waals surface area contributed by atoms with Gasteiger partial charge < -0.3 is 9.47 Å². The number of rotatable bonds is 8. The summed E-state index contributed by atoms with van der Waals surface area (Å²) in [5, 5.41) is 7.98. The van der Waals surface area contributed by atoms with Crippen molar-refractivity contribution >= 4 is 11.6 Å². The van der Waals surface area contributed by atoms with Crippen LogP contribution >= 0.6 is 0 Å². The normalized spacial score (nSPS) is 11.1. The van der Waals surface area contributed by atoms with Gasteiger partial charge in [-0.15, -0.1) is 10.2 Å². The Kier molecular flexibility index (Phi) is 5.90. The average molecular weight is 319 g/mol. The quantitative estimate of drug-likeness (QED) is 0.695. The van der Waals surface area contributed by atoms with Gasteiger partial charge in [0, 0.05) is 32.9 Å². The molecule has 0 aliphatic rings. The van der Waals surface area contributed by atoms with E-state index in [9.17, 15) is 9.59 Å². The third kappa shape index (κ3) is 4.18.